The SMILES string of the molecule is Cc1cc(C(=O)NCc2ccc(Cl)cc2)c2cccc(-c3cccs3)c2n1. The Balaban J connectivity index is 1.69. The summed E-state index contributed by atoms with van der Waals surface area (Å²) < 4.78 is 0. The number of carbonyl (C=O) groups is 1. The van der Waals surface area contributed by atoms with E-state index in [0.717, 1.165) is 32.6 Å². The molecule has 0 unspecified atom stereocenters. The second-order valence-electron chi connectivity index (χ2n) is 6.30. The number of halogens is 1. The molecule has 2 heterocycles. The van der Waals surface area contributed by atoms with Crippen LogP contribution in [-0.4, -0.2) is 10.9 Å². The van der Waals surface area contributed by atoms with E-state index in [0.29, 0.717) is 17.1 Å². The van der Waals surface area contributed by atoms with Crippen LogP contribution in [0.15, 0.2) is 66.0 Å². The van der Waals surface area contributed by atoms with Gasteiger partial charge in [0.1, 0.15) is 0 Å². The Hall–Kier alpha value is -2.69. The van der Waals surface area contributed by atoms with Crippen LogP contribution in [0.4, 0.5) is 0 Å². The summed E-state index contributed by atoms with van der Waals surface area (Å²) in [5, 5.41) is 6.59. The molecule has 0 spiro atoms. The number of amides is 1. The van der Waals surface area contributed by atoms with Gasteiger partial charge in [0.15, 0.2) is 0 Å². The normalized spacial score (nSPS) is 10.9. The summed E-state index contributed by atoms with van der Waals surface area (Å²) in [5.41, 5.74) is 4.38. The molecule has 0 saturated carbocycles. The number of para-hydroxylation sites is 1. The molecule has 0 aliphatic heterocycles. The first kappa shape index (κ1) is 17.7. The highest BCUT2D eigenvalue weighted by Gasteiger charge is 2.15. The smallest absolute Gasteiger partial charge is 0.252 e. The van der Waals surface area contributed by atoms with Gasteiger partial charge in [-0.1, -0.05) is 48.0 Å². The summed E-state index contributed by atoms with van der Waals surface area (Å²) >= 11 is 7.58. The largest absolute Gasteiger partial charge is 0.348 e. The number of rotatable bonds is 4. The third-order valence-electron chi connectivity index (χ3n) is 4.37. The highest BCUT2D eigenvalue weighted by molar-refractivity contribution is 7.13. The van der Waals surface area contributed by atoms with Crippen molar-refractivity contribution in [3.8, 4) is 10.4 Å². The molecule has 0 saturated heterocycles. The van der Waals surface area contributed by atoms with E-state index in [1.807, 2.05) is 60.8 Å². The lowest BCUT2D eigenvalue weighted by Gasteiger charge is -2.11. The van der Waals surface area contributed by atoms with Gasteiger partial charge >= 0.3 is 0 Å². The van der Waals surface area contributed by atoms with Crippen LogP contribution in [0.5, 0.6) is 0 Å². The first-order chi connectivity index (χ1) is 13.1. The fourth-order valence-corrected chi connectivity index (χ4v) is 3.95. The number of pyridine rings is 1. The third-order valence-corrected chi connectivity index (χ3v) is 5.52. The molecule has 27 heavy (non-hydrogen) atoms. The maximum Gasteiger partial charge on any atom is 0.252 e. The fourth-order valence-electron chi connectivity index (χ4n) is 3.07. The first-order valence-corrected chi connectivity index (χ1v) is 9.84. The summed E-state index contributed by atoms with van der Waals surface area (Å²) in [6.07, 6.45) is 0. The van der Waals surface area contributed by atoms with Gasteiger partial charge in [-0.15, -0.1) is 11.3 Å². The summed E-state index contributed by atoms with van der Waals surface area (Å²) in [7, 11) is 0. The zero-order chi connectivity index (χ0) is 18.8. The predicted molar refractivity (Wildman–Crippen MR) is 112 cm³/mol. The van der Waals surface area contributed by atoms with Gasteiger partial charge in [0.2, 0.25) is 0 Å². The maximum absolute atomic E-state index is 12.9. The molecule has 4 rings (SSSR count). The number of aromatic nitrogens is 1. The Kier molecular flexibility index (Phi) is 4.92. The number of hydrogen-bond acceptors (Lipinski definition) is 3. The Bertz CT molecular complexity index is 1110. The van der Waals surface area contributed by atoms with Crippen LogP contribution in [0.25, 0.3) is 21.3 Å². The quantitative estimate of drug-likeness (QED) is 0.473. The average Bonchev–Trinajstić information content (AvgIpc) is 3.21. The number of hydrogen-bond donors (Lipinski definition) is 1. The van der Waals surface area contributed by atoms with Gasteiger partial charge in [0.25, 0.3) is 5.91 Å². The lowest BCUT2D eigenvalue weighted by molar-refractivity contribution is 0.0952. The molecular formula is C22H17ClN2OS. The maximum atomic E-state index is 12.9. The van der Waals surface area contributed by atoms with Gasteiger partial charge in [-0.05, 0) is 42.1 Å². The standard InChI is InChI=1S/C22H17ClN2OS/c1-14-12-19(22(26)24-13-15-7-9-16(23)10-8-15)17-4-2-5-18(21(17)25-14)20-6-3-11-27-20/h2-12H,13H2,1H3,(H,24,26). The second kappa shape index (κ2) is 7.51. The lowest BCUT2D eigenvalue weighted by Crippen LogP contribution is -2.23. The van der Waals surface area contributed by atoms with Gasteiger partial charge < -0.3 is 5.32 Å². The van der Waals surface area contributed by atoms with Crippen molar-refractivity contribution in [2.75, 3.05) is 0 Å². The van der Waals surface area contributed by atoms with Gasteiger partial charge in [0.05, 0.1) is 11.1 Å². The number of aryl methyl sites for hydroxylation is 1. The third kappa shape index (κ3) is 3.72. The van der Waals surface area contributed by atoms with Crippen LogP contribution in [0.1, 0.15) is 21.6 Å². The van der Waals surface area contributed by atoms with E-state index in [1.54, 1.807) is 11.3 Å². The van der Waals surface area contributed by atoms with E-state index >= 15 is 0 Å². The molecule has 0 aliphatic carbocycles. The van der Waals surface area contributed by atoms with Gasteiger partial charge in [-0.3, -0.25) is 9.78 Å². The minimum absolute atomic E-state index is 0.108. The van der Waals surface area contributed by atoms with Crippen LogP contribution in [0, 0.1) is 6.92 Å². The highest BCUT2D eigenvalue weighted by atomic mass is 35.5. The van der Waals surface area contributed by atoms with Crippen LogP contribution >= 0.6 is 22.9 Å². The fraction of sp³-hybridized carbons (Fsp3) is 0.0909. The molecule has 5 heteroatoms. The van der Waals surface area contributed by atoms with Crippen molar-refractivity contribution in [2.45, 2.75) is 13.5 Å². The minimum Gasteiger partial charge on any atom is -0.348 e. The molecule has 1 N–H and O–H groups in total. The average molecular weight is 393 g/mol. The number of carbonyl (C=O) groups excluding carboxylic acids is 1. The lowest BCUT2D eigenvalue weighted by atomic mass is 10.0. The molecule has 0 fully saturated rings. The molecule has 0 radical (unpaired) electrons. The van der Waals surface area contributed by atoms with Gasteiger partial charge in [-0.2, -0.15) is 0 Å². The molecular weight excluding hydrogens is 376 g/mol. The molecule has 4 aromatic rings. The zero-order valence-electron chi connectivity index (χ0n) is 14.7. The Morgan fingerprint density at radius 1 is 1.11 bits per heavy atom. The van der Waals surface area contributed by atoms with E-state index in [-0.39, 0.29) is 5.91 Å². The van der Waals surface area contributed by atoms with E-state index in [4.69, 9.17) is 16.6 Å². The zero-order valence-corrected chi connectivity index (χ0v) is 16.3. The first-order valence-electron chi connectivity index (χ1n) is 8.59. The molecule has 0 atom stereocenters. The molecule has 2 aromatic heterocycles. The summed E-state index contributed by atoms with van der Waals surface area (Å²) in [4.78, 5) is 18.7. The molecule has 2 aromatic carbocycles. The Morgan fingerprint density at radius 3 is 2.67 bits per heavy atom. The van der Waals surface area contributed by atoms with E-state index in [2.05, 4.69) is 17.4 Å². The monoisotopic (exact) mass is 392 g/mol. The predicted octanol–water partition coefficient (Wildman–Crippen LogP) is 5.86. The van der Waals surface area contributed by atoms with Gasteiger partial charge in [0, 0.05) is 33.1 Å². The second-order valence-corrected chi connectivity index (χ2v) is 7.68. The number of thiophene rings is 1. The van der Waals surface area contributed by atoms with Gasteiger partial charge in [-0.25, -0.2) is 0 Å². The molecule has 0 aliphatic rings. The van der Waals surface area contributed by atoms with E-state index in [9.17, 15) is 4.79 Å². The molecule has 3 nitrogen and oxygen atoms in total. The van der Waals surface area contributed by atoms with Crippen molar-refractivity contribution in [1.29, 1.82) is 0 Å². The Morgan fingerprint density at radius 2 is 1.93 bits per heavy atom. The number of fused-ring (bicyclic) bond motifs is 1. The van der Waals surface area contributed by atoms with E-state index < -0.39 is 0 Å². The van der Waals surface area contributed by atoms with E-state index in [1.165, 1.54) is 0 Å². The van der Waals surface area contributed by atoms with Crippen LogP contribution in [0.2, 0.25) is 5.02 Å². The Labute approximate surface area is 166 Å². The van der Waals surface area contributed by atoms with Crippen molar-refractivity contribution in [1.82, 2.24) is 10.3 Å². The van der Waals surface area contributed by atoms with Crippen LogP contribution in [0.3, 0.4) is 0 Å². The summed E-state index contributed by atoms with van der Waals surface area (Å²) in [5.74, 6) is -0.108. The highest BCUT2D eigenvalue weighted by Crippen LogP contribution is 2.32. The molecule has 1 amide bonds. The molecule has 0 bridgehead atoms. The minimum atomic E-state index is -0.108. The number of nitrogens with one attached hydrogen (secondary N) is 1. The van der Waals surface area contributed by atoms with Crippen molar-refractivity contribution in [2.24, 2.45) is 0 Å². The summed E-state index contributed by atoms with van der Waals surface area (Å²) in [6.45, 7) is 2.37. The van der Waals surface area contributed by atoms with Crippen LogP contribution < -0.4 is 5.32 Å². The van der Waals surface area contributed by atoms with Crippen molar-refractivity contribution in [3.05, 3.63) is 87.9 Å². The van der Waals surface area contributed by atoms with Crippen molar-refractivity contribution in [3.63, 3.8) is 0 Å². The van der Waals surface area contributed by atoms with Crippen LogP contribution in [-0.2, 0) is 6.54 Å². The molecule has 134 valence electrons. The van der Waals surface area contributed by atoms with Crippen molar-refractivity contribution >= 4 is 39.7 Å². The number of benzene rings is 2. The summed E-state index contributed by atoms with van der Waals surface area (Å²) in [6, 6.07) is 19.4. The topological polar surface area (TPSA) is 42.0 Å². The van der Waals surface area contributed by atoms with Crippen molar-refractivity contribution < 1.29 is 4.79 Å². The number of nitrogens with zero attached hydrogens (tertiary/aromatic N) is 1.